The largest absolute Gasteiger partial charge is 0.381 e. The molecule has 0 saturated heterocycles. The predicted octanol–water partition coefficient (Wildman–Crippen LogP) is 5.75. The van der Waals surface area contributed by atoms with Gasteiger partial charge in [0.15, 0.2) is 0 Å². The number of hydrogen-bond donors (Lipinski definition) is 1. The summed E-state index contributed by atoms with van der Waals surface area (Å²) in [7, 11) is -3.90. The molecule has 0 aromatic heterocycles. The molecule has 0 aliphatic rings. The van der Waals surface area contributed by atoms with E-state index in [1.54, 1.807) is 36.4 Å². The van der Waals surface area contributed by atoms with Crippen LogP contribution in [0.1, 0.15) is 22.3 Å². The lowest BCUT2D eigenvalue weighted by atomic mass is 10.1. The second kappa shape index (κ2) is 8.37. The van der Waals surface area contributed by atoms with E-state index >= 15 is 0 Å². The monoisotopic (exact) mass is 459 g/mol. The van der Waals surface area contributed by atoms with E-state index in [0.717, 1.165) is 21.3 Å². The first kappa shape index (κ1) is 20.4. The maximum atomic E-state index is 12.7. The molecule has 0 spiro atoms. The molecular formula is C22H22BrNO3S. The van der Waals surface area contributed by atoms with E-state index in [1.807, 2.05) is 19.1 Å². The van der Waals surface area contributed by atoms with Gasteiger partial charge >= 0.3 is 10.1 Å². The lowest BCUT2D eigenvalue weighted by Crippen LogP contribution is -2.12. The van der Waals surface area contributed by atoms with Crippen LogP contribution in [0.2, 0.25) is 0 Å². The zero-order valence-electron chi connectivity index (χ0n) is 16.0. The van der Waals surface area contributed by atoms with Gasteiger partial charge in [0.2, 0.25) is 0 Å². The molecule has 0 atom stereocenters. The summed E-state index contributed by atoms with van der Waals surface area (Å²) in [5.74, 6) is 0.306. The number of halogens is 1. The van der Waals surface area contributed by atoms with Crippen molar-refractivity contribution in [3.63, 3.8) is 0 Å². The first-order valence-corrected chi connectivity index (χ1v) is 11.1. The molecule has 0 amide bonds. The first-order chi connectivity index (χ1) is 13.2. The molecule has 0 radical (unpaired) electrons. The molecule has 4 nitrogen and oxygen atoms in total. The third-order valence-electron chi connectivity index (χ3n) is 4.52. The molecule has 3 aromatic rings. The van der Waals surface area contributed by atoms with Gasteiger partial charge < -0.3 is 9.50 Å². The van der Waals surface area contributed by atoms with Crippen LogP contribution in [-0.2, 0) is 16.7 Å². The molecule has 0 unspecified atom stereocenters. The fraction of sp³-hybridized carbons (Fsp3) is 0.182. The summed E-state index contributed by atoms with van der Waals surface area (Å²) >= 11 is 3.44. The van der Waals surface area contributed by atoms with Gasteiger partial charge in [-0.2, -0.15) is 8.42 Å². The Morgan fingerprint density at radius 3 is 2.29 bits per heavy atom. The minimum absolute atomic E-state index is 0.133. The summed E-state index contributed by atoms with van der Waals surface area (Å²) in [5.41, 5.74) is 5.11. The topological polar surface area (TPSA) is 55.4 Å². The Hall–Kier alpha value is -2.31. The van der Waals surface area contributed by atoms with Crippen molar-refractivity contribution in [1.82, 2.24) is 0 Å². The zero-order valence-corrected chi connectivity index (χ0v) is 18.4. The van der Waals surface area contributed by atoms with E-state index in [9.17, 15) is 8.42 Å². The van der Waals surface area contributed by atoms with Gasteiger partial charge in [-0.05, 0) is 74.4 Å². The number of aryl methyl sites for hydroxylation is 3. The van der Waals surface area contributed by atoms with Gasteiger partial charge in [-0.1, -0.05) is 39.7 Å². The second-order valence-electron chi connectivity index (χ2n) is 6.76. The van der Waals surface area contributed by atoms with Crippen LogP contribution >= 0.6 is 15.9 Å². The quantitative estimate of drug-likeness (QED) is 0.476. The molecule has 0 aliphatic carbocycles. The maximum absolute atomic E-state index is 12.7. The normalized spacial score (nSPS) is 11.3. The van der Waals surface area contributed by atoms with E-state index in [2.05, 4.69) is 47.2 Å². The van der Waals surface area contributed by atoms with Crippen molar-refractivity contribution in [2.24, 2.45) is 0 Å². The fourth-order valence-corrected chi connectivity index (χ4v) is 4.06. The Bertz CT molecular complexity index is 1090. The molecule has 0 bridgehead atoms. The minimum atomic E-state index is -3.90. The Morgan fingerprint density at radius 2 is 1.61 bits per heavy atom. The van der Waals surface area contributed by atoms with Crippen molar-refractivity contribution < 1.29 is 12.6 Å². The van der Waals surface area contributed by atoms with Crippen LogP contribution in [0.25, 0.3) is 0 Å². The van der Waals surface area contributed by atoms with Crippen LogP contribution < -0.4 is 9.50 Å². The van der Waals surface area contributed by atoms with Crippen LogP contribution in [0, 0.1) is 20.8 Å². The number of nitrogens with one attached hydrogen (secondary N) is 1. The van der Waals surface area contributed by atoms with Crippen molar-refractivity contribution in [2.75, 3.05) is 5.32 Å². The SMILES string of the molecule is Cc1ccc(S(=O)(=O)Oc2ccc(Br)cc2CNc2ccc(C)c(C)c2)cc1. The van der Waals surface area contributed by atoms with Crippen molar-refractivity contribution in [3.05, 3.63) is 87.4 Å². The van der Waals surface area contributed by atoms with Gasteiger partial charge in [0.1, 0.15) is 10.6 Å². The van der Waals surface area contributed by atoms with Gasteiger partial charge in [0.25, 0.3) is 0 Å². The highest BCUT2D eigenvalue weighted by Crippen LogP contribution is 2.28. The Labute approximate surface area is 174 Å². The van der Waals surface area contributed by atoms with E-state index < -0.39 is 10.1 Å². The molecular weight excluding hydrogens is 438 g/mol. The van der Waals surface area contributed by atoms with E-state index in [4.69, 9.17) is 4.18 Å². The second-order valence-corrected chi connectivity index (χ2v) is 9.22. The fourth-order valence-electron chi connectivity index (χ4n) is 2.69. The highest BCUT2D eigenvalue weighted by molar-refractivity contribution is 9.10. The summed E-state index contributed by atoms with van der Waals surface area (Å²) < 4.78 is 31.6. The summed E-state index contributed by atoms with van der Waals surface area (Å²) in [6.07, 6.45) is 0. The third-order valence-corrected chi connectivity index (χ3v) is 6.26. The van der Waals surface area contributed by atoms with Crippen molar-refractivity contribution in [2.45, 2.75) is 32.2 Å². The molecule has 0 heterocycles. The smallest absolute Gasteiger partial charge is 0.339 e. The minimum Gasteiger partial charge on any atom is -0.381 e. The predicted molar refractivity (Wildman–Crippen MR) is 116 cm³/mol. The number of hydrogen-bond acceptors (Lipinski definition) is 4. The Balaban J connectivity index is 1.84. The lowest BCUT2D eigenvalue weighted by Gasteiger charge is -2.14. The van der Waals surface area contributed by atoms with Crippen LogP contribution in [0.4, 0.5) is 5.69 Å². The zero-order chi connectivity index (χ0) is 20.3. The molecule has 0 aliphatic heterocycles. The molecule has 28 heavy (non-hydrogen) atoms. The van der Waals surface area contributed by atoms with Gasteiger partial charge in [-0.3, -0.25) is 0 Å². The molecule has 1 N–H and O–H groups in total. The van der Waals surface area contributed by atoms with Crippen molar-refractivity contribution in [3.8, 4) is 5.75 Å². The van der Waals surface area contributed by atoms with Gasteiger partial charge in [-0.15, -0.1) is 0 Å². The number of benzene rings is 3. The molecule has 6 heteroatoms. The van der Waals surface area contributed by atoms with Gasteiger partial charge in [0.05, 0.1) is 0 Å². The number of anilines is 1. The van der Waals surface area contributed by atoms with Crippen LogP contribution in [0.5, 0.6) is 5.75 Å². The Kier molecular flexibility index (Phi) is 6.10. The molecule has 3 aromatic carbocycles. The van der Waals surface area contributed by atoms with Gasteiger partial charge in [0, 0.05) is 22.3 Å². The van der Waals surface area contributed by atoms with Gasteiger partial charge in [-0.25, -0.2) is 0 Å². The first-order valence-electron chi connectivity index (χ1n) is 8.85. The van der Waals surface area contributed by atoms with E-state index in [-0.39, 0.29) is 4.90 Å². The van der Waals surface area contributed by atoms with Crippen molar-refractivity contribution >= 4 is 31.7 Å². The van der Waals surface area contributed by atoms with E-state index in [1.165, 1.54) is 11.1 Å². The summed E-state index contributed by atoms with van der Waals surface area (Å²) in [6.45, 7) is 6.46. The van der Waals surface area contributed by atoms with Crippen LogP contribution in [0.3, 0.4) is 0 Å². The molecule has 146 valence electrons. The lowest BCUT2D eigenvalue weighted by molar-refractivity contribution is 0.483. The summed E-state index contributed by atoms with van der Waals surface area (Å²) in [6, 6.07) is 18.0. The van der Waals surface area contributed by atoms with E-state index in [0.29, 0.717) is 12.3 Å². The average molecular weight is 460 g/mol. The molecule has 3 rings (SSSR count). The van der Waals surface area contributed by atoms with Crippen LogP contribution in [0.15, 0.2) is 70.0 Å². The molecule has 0 fully saturated rings. The summed E-state index contributed by atoms with van der Waals surface area (Å²) in [5, 5.41) is 3.33. The highest BCUT2D eigenvalue weighted by Gasteiger charge is 2.18. The van der Waals surface area contributed by atoms with Crippen molar-refractivity contribution in [1.29, 1.82) is 0 Å². The van der Waals surface area contributed by atoms with Crippen LogP contribution in [-0.4, -0.2) is 8.42 Å². The molecule has 0 saturated carbocycles. The Morgan fingerprint density at radius 1 is 0.893 bits per heavy atom. The summed E-state index contributed by atoms with van der Waals surface area (Å²) in [4.78, 5) is 0.133. The average Bonchev–Trinajstić information content (AvgIpc) is 2.65. The highest BCUT2D eigenvalue weighted by atomic mass is 79.9. The third kappa shape index (κ3) is 4.94. The standard InChI is InChI=1S/C22H22BrNO3S/c1-15-4-9-21(10-5-15)28(25,26)27-22-11-7-19(23)13-18(22)14-24-20-8-6-16(2)17(3)12-20/h4-13,24H,14H2,1-3H3. The maximum Gasteiger partial charge on any atom is 0.339 e. The number of rotatable bonds is 6.